The highest BCUT2D eigenvalue weighted by molar-refractivity contribution is 9.10. The lowest BCUT2D eigenvalue weighted by atomic mass is 10.2. The van der Waals surface area contributed by atoms with Gasteiger partial charge in [-0.1, -0.05) is 29.8 Å². The van der Waals surface area contributed by atoms with E-state index in [1.165, 1.54) is 0 Å². The van der Waals surface area contributed by atoms with Gasteiger partial charge in [0.25, 0.3) is 0 Å². The molecule has 2 rings (SSSR count). The van der Waals surface area contributed by atoms with Crippen LogP contribution in [0.25, 0.3) is 0 Å². The van der Waals surface area contributed by atoms with E-state index in [1.54, 1.807) is 0 Å². The van der Waals surface area contributed by atoms with E-state index in [1.807, 2.05) is 28.9 Å². The molecule has 0 saturated carbocycles. The van der Waals surface area contributed by atoms with E-state index in [0.29, 0.717) is 13.2 Å². The van der Waals surface area contributed by atoms with Gasteiger partial charge in [-0.05, 0) is 37.1 Å². The van der Waals surface area contributed by atoms with Gasteiger partial charge < -0.3 is 10.5 Å². The van der Waals surface area contributed by atoms with Crippen LogP contribution in [-0.4, -0.2) is 16.4 Å². The predicted molar refractivity (Wildman–Crippen MR) is 85.0 cm³/mol. The fourth-order valence-corrected chi connectivity index (χ4v) is 2.43. The molecule has 0 saturated heterocycles. The number of nitrogens with zero attached hydrogens (tertiary/aromatic N) is 2. The van der Waals surface area contributed by atoms with Crippen molar-refractivity contribution in [3.8, 4) is 5.75 Å². The zero-order valence-electron chi connectivity index (χ0n) is 11.9. The second-order valence-corrected chi connectivity index (χ2v) is 5.46. The maximum Gasteiger partial charge on any atom is 0.119 e. The quantitative estimate of drug-likeness (QED) is 0.878. The SMILES string of the molecule is CCc1nn(CCOc2ccc(Br)cc2)c(CC)c1N. The number of halogens is 1. The number of aryl methyl sites for hydroxylation is 1. The molecule has 0 atom stereocenters. The summed E-state index contributed by atoms with van der Waals surface area (Å²) in [6, 6.07) is 7.82. The van der Waals surface area contributed by atoms with Crippen molar-refractivity contribution in [2.75, 3.05) is 12.3 Å². The third-order valence-corrected chi connectivity index (χ3v) is 3.76. The number of rotatable bonds is 6. The fraction of sp³-hybridized carbons (Fsp3) is 0.400. The van der Waals surface area contributed by atoms with Crippen LogP contribution in [-0.2, 0) is 19.4 Å². The highest BCUT2D eigenvalue weighted by Crippen LogP contribution is 2.19. The summed E-state index contributed by atoms with van der Waals surface area (Å²) in [5, 5.41) is 4.55. The van der Waals surface area contributed by atoms with Crippen molar-refractivity contribution in [2.45, 2.75) is 33.2 Å². The van der Waals surface area contributed by atoms with Crippen molar-refractivity contribution < 1.29 is 4.74 Å². The van der Waals surface area contributed by atoms with E-state index in [9.17, 15) is 0 Å². The van der Waals surface area contributed by atoms with E-state index in [0.717, 1.165) is 40.1 Å². The topological polar surface area (TPSA) is 53.1 Å². The van der Waals surface area contributed by atoms with Crippen LogP contribution in [0.3, 0.4) is 0 Å². The van der Waals surface area contributed by atoms with Crippen LogP contribution in [0.5, 0.6) is 5.75 Å². The van der Waals surface area contributed by atoms with Crippen molar-refractivity contribution in [3.05, 3.63) is 40.1 Å². The van der Waals surface area contributed by atoms with E-state index < -0.39 is 0 Å². The van der Waals surface area contributed by atoms with Crippen LogP contribution < -0.4 is 10.5 Å². The van der Waals surface area contributed by atoms with Gasteiger partial charge in [0.15, 0.2) is 0 Å². The Morgan fingerprint density at radius 2 is 1.90 bits per heavy atom. The second-order valence-electron chi connectivity index (χ2n) is 4.54. The van der Waals surface area contributed by atoms with Gasteiger partial charge in [0.2, 0.25) is 0 Å². The molecule has 0 fully saturated rings. The number of nitrogens with two attached hydrogens (primary N) is 1. The first-order valence-corrected chi connectivity index (χ1v) is 7.67. The van der Waals surface area contributed by atoms with E-state index in [4.69, 9.17) is 10.5 Å². The number of anilines is 1. The minimum absolute atomic E-state index is 0.582. The third kappa shape index (κ3) is 3.33. The Morgan fingerprint density at radius 3 is 2.50 bits per heavy atom. The van der Waals surface area contributed by atoms with Crippen LogP contribution in [0, 0.1) is 0 Å². The number of hydrogen-bond acceptors (Lipinski definition) is 3. The molecule has 2 N–H and O–H groups in total. The molecule has 1 aromatic carbocycles. The number of ether oxygens (including phenoxy) is 1. The molecule has 0 aliphatic rings. The first-order valence-electron chi connectivity index (χ1n) is 6.88. The highest BCUT2D eigenvalue weighted by atomic mass is 79.9. The van der Waals surface area contributed by atoms with Crippen molar-refractivity contribution in [1.82, 2.24) is 9.78 Å². The Hall–Kier alpha value is -1.49. The number of aromatic nitrogens is 2. The zero-order valence-corrected chi connectivity index (χ0v) is 13.5. The molecule has 0 aliphatic carbocycles. The molecule has 1 aromatic heterocycles. The molecule has 0 bridgehead atoms. The molecule has 0 spiro atoms. The fourth-order valence-electron chi connectivity index (χ4n) is 2.17. The first kappa shape index (κ1) is 14.9. The van der Waals surface area contributed by atoms with Gasteiger partial charge in [-0.25, -0.2) is 0 Å². The minimum Gasteiger partial charge on any atom is -0.492 e. The zero-order chi connectivity index (χ0) is 14.5. The summed E-state index contributed by atoms with van der Waals surface area (Å²) in [6.07, 6.45) is 1.75. The highest BCUT2D eigenvalue weighted by Gasteiger charge is 2.12. The number of benzene rings is 1. The average molecular weight is 338 g/mol. The van der Waals surface area contributed by atoms with Crippen LogP contribution in [0.4, 0.5) is 5.69 Å². The summed E-state index contributed by atoms with van der Waals surface area (Å²) in [6.45, 7) is 5.46. The molecular weight excluding hydrogens is 318 g/mol. The maximum absolute atomic E-state index is 6.10. The molecule has 108 valence electrons. The van der Waals surface area contributed by atoms with E-state index >= 15 is 0 Å². The molecule has 20 heavy (non-hydrogen) atoms. The molecular formula is C15H20BrN3O. The van der Waals surface area contributed by atoms with Crippen LogP contribution in [0.15, 0.2) is 28.7 Å². The minimum atomic E-state index is 0.582. The Kier molecular flexibility index (Phi) is 5.06. The Balaban J connectivity index is 1.98. The lowest BCUT2D eigenvalue weighted by Gasteiger charge is -2.08. The van der Waals surface area contributed by atoms with Crippen LogP contribution in [0.2, 0.25) is 0 Å². The summed E-state index contributed by atoms with van der Waals surface area (Å²) >= 11 is 3.40. The average Bonchev–Trinajstić information content (AvgIpc) is 2.76. The monoisotopic (exact) mass is 337 g/mol. The summed E-state index contributed by atoms with van der Waals surface area (Å²) < 4.78 is 8.74. The molecule has 4 nitrogen and oxygen atoms in total. The molecule has 2 aromatic rings. The smallest absolute Gasteiger partial charge is 0.119 e. The molecule has 5 heteroatoms. The van der Waals surface area contributed by atoms with Crippen molar-refractivity contribution in [1.29, 1.82) is 0 Å². The Labute approximate surface area is 128 Å². The molecule has 0 radical (unpaired) electrons. The number of nitrogen functional groups attached to an aromatic ring is 1. The van der Waals surface area contributed by atoms with Crippen molar-refractivity contribution in [3.63, 3.8) is 0 Å². The molecule has 0 amide bonds. The van der Waals surface area contributed by atoms with Gasteiger partial charge in [-0.15, -0.1) is 0 Å². The Bertz CT molecular complexity index is 563. The van der Waals surface area contributed by atoms with Crippen LogP contribution >= 0.6 is 15.9 Å². The summed E-state index contributed by atoms with van der Waals surface area (Å²) in [4.78, 5) is 0. The van der Waals surface area contributed by atoms with Gasteiger partial charge in [0.05, 0.1) is 23.6 Å². The summed E-state index contributed by atoms with van der Waals surface area (Å²) in [7, 11) is 0. The third-order valence-electron chi connectivity index (χ3n) is 3.23. The van der Waals surface area contributed by atoms with Gasteiger partial charge in [-0.3, -0.25) is 4.68 Å². The molecule has 1 heterocycles. The largest absolute Gasteiger partial charge is 0.492 e. The van der Waals surface area contributed by atoms with Crippen molar-refractivity contribution >= 4 is 21.6 Å². The summed E-state index contributed by atoms with van der Waals surface area (Å²) in [5.74, 6) is 0.863. The Morgan fingerprint density at radius 1 is 1.20 bits per heavy atom. The van der Waals surface area contributed by atoms with Gasteiger partial charge in [0.1, 0.15) is 12.4 Å². The maximum atomic E-state index is 6.10. The van der Waals surface area contributed by atoms with Gasteiger partial charge in [-0.2, -0.15) is 5.10 Å². The van der Waals surface area contributed by atoms with Gasteiger partial charge in [0, 0.05) is 4.47 Å². The van der Waals surface area contributed by atoms with Crippen molar-refractivity contribution in [2.24, 2.45) is 0 Å². The second kappa shape index (κ2) is 6.79. The van der Waals surface area contributed by atoms with Crippen LogP contribution in [0.1, 0.15) is 25.2 Å². The summed E-state index contributed by atoms with van der Waals surface area (Å²) in [5.41, 5.74) is 9.00. The standard InChI is InChI=1S/C15H20BrN3O/c1-3-13-15(17)14(4-2)19(18-13)9-10-20-12-7-5-11(16)6-8-12/h5-8H,3-4,9-10,17H2,1-2H3. The molecule has 0 aliphatic heterocycles. The van der Waals surface area contributed by atoms with Gasteiger partial charge >= 0.3 is 0 Å². The molecule has 0 unspecified atom stereocenters. The first-order chi connectivity index (χ1) is 9.65. The van der Waals surface area contributed by atoms with E-state index in [2.05, 4.69) is 34.9 Å². The predicted octanol–water partition coefficient (Wildman–Crippen LogP) is 3.43. The lowest BCUT2D eigenvalue weighted by molar-refractivity contribution is 0.289. The lowest BCUT2D eigenvalue weighted by Crippen LogP contribution is -2.12. The number of hydrogen-bond donors (Lipinski definition) is 1. The normalized spacial score (nSPS) is 10.8. The van der Waals surface area contributed by atoms with E-state index in [-0.39, 0.29) is 0 Å².